The minimum atomic E-state index is -0.330. The van der Waals surface area contributed by atoms with Crippen LogP contribution in [0.2, 0.25) is 0 Å². The van der Waals surface area contributed by atoms with Gasteiger partial charge in [0.05, 0.1) is 11.0 Å². The van der Waals surface area contributed by atoms with E-state index in [0.29, 0.717) is 35.8 Å². The lowest BCUT2D eigenvalue weighted by Crippen LogP contribution is -2.55. The highest BCUT2D eigenvalue weighted by Crippen LogP contribution is 2.33. The normalized spacial score (nSPS) is 16.1. The highest BCUT2D eigenvalue weighted by atomic mass is 32.2. The number of piperazine rings is 1. The van der Waals surface area contributed by atoms with Crippen LogP contribution in [0.25, 0.3) is 22.2 Å². The average Bonchev–Trinajstić information content (AvgIpc) is 3.18. The van der Waals surface area contributed by atoms with Crippen molar-refractivity contribution in [3.05, 3.63) is 71.2 Å². The SMILES string of the molecule is CSc1ncc(-c2cc(F)ccc2N2CCN(C(=O)Cn3c(=O)[nH]c4ccccc43)C(C)C2)cn1. The maximum atomic E-state index is 14.2. The van der Waals surface area contributed by atoms with Crippen LogP contribution in [0.5, 0.6) is 0 Å². The molecule has 1 aliphatic rings. The molecule has 1 N–H and O–H groups in total. The Balaban J connectivity index is 1.35. The second-order valence-electron chi connectivity index (χ2n) is 8.54. The van der Waals surface area contributed by atoms with E-state index in [1.165, 1.54) is 28.5 Å². The zero-order chi connectivity index (χ0) is 24.5. The number of fused-ring (bicyclic) bond motifs is 1. The van der Waals surface area contributed by atoms with Crippen molar-refractivity contribution in [3.63, 3.8) is 0 Å². The number of amides is 1. The third-order valence-electron chi connectivity index (χ3n) is 6.34. The minimum Gasteiger partial charge on any atom is -0.367 e. The van der Waals surface area contributed by atoms with Crippen molar-refractivity contribution in [1.82, 2.24) is 24.4 Å². The first-order valence-corrected chi connectivity index (χ1v) is 12.5. The second kappa shape index (κ2) is 9.53. The molecule has 180 valence electrons. The maximum absolute atomic E-state index is 14.2. The number of aromatic nitrogens is 4. The van der Waals surface area contributed by atoms with E-state index in [1.807, 2.05) is 42.3 Å². The van der Waals surface area contributed by atoms with Gasteiger partial charge in [-0.15, -0.1) is 0 Å². The zero-order valence-electron chi connectivity index (χ0n) is 19.4. The first kappa shape index (κ1) is 23.1. The minimum absolute atomic E-state index is 0.0197. The number of hydrogen-bond donors (Lipinski definition) is 1. The number of para-hydroxylation sites is 2. The highest BCUT2D eigenvalue weighted by Gasteiger charge is 2.29. The van der Waals surface area contributed by atoms with E-state index in [1.54, 1.807) is 18.5 Å². The number of rotatable bonds is 5. The third-order valence-corrected chi connectivity index (χ3v) is 6.92. The summed E-state index contributed by atoms with van der Waals surface area (Å²) in [5, 5.41) is 0.654. The summed E-state index contributed by atoms with van der Waals surface area (Å²) in [6, 6.07) is 12.0. The number of anilines is 1. The molecule has 1 unspecified atom stereocenters. The number of halogens is 1. The van der Waals surface area contributed by atoms with Gasteiger partial charge in [0.2, 0.25) is 5.91 Å². The molecule has 1 aliphatic heterocycles. The summed E-state index contributed by atoms with van der Waals surface area (Å²) >= 11 is 1.45. The summed E-state index contributed by atoms with van der Waals surface area (Å²) in [7, 11) is 0. The van der Waals surface area contributed by atoms with Gasteiger partial charge in [-0.2, -0.15) is 0 Å². The van der Waals surface area contributed by atoms with Crippen molar-refractivity contribution in [2.45, 2.75) is 24.7 Å². The molecule has 0 aliphatic carbocycles. The van der Waals surface area contributed by atoms with Gasteiger partial charge in [0, 0.05) is 54.9 Å². The van der Waals surface area contributed by atoms with Crippen LogP contribution < -0.4 is 10.6 Å². The summed E-state index contributed by atoms with van der Waals surface area (Å²) in [5.41, 5.74) is 3.46. The van der Waals surface area contributed by atoms with Gasteiger partial charge in [0.25, 0.3) is 0 Å². The van der Waals surface area contributed by atoms with Gasteiger partial charge in [0.1, 0.15) is 12.4 Å². The van der Waals surface area contributed by atoms with Crippen molar-refractivity contribution in [1.29, 1.82) is 0 Å². The number of benzene rings is 2. The Morgan fingerprint density at radius 1 is 1.17 bits per heavy atom. The molecule has 35 heavy (non-hydrogen) atoms. The molecular weight excluding hydrogens is 467 g/mol. The summed E-state index contributed by atoms with van der Waals surface area (Å²) in [6.45, 7) is 3.63. The van der Waals surface area contributed by atoms with Crippen molar-refractivity contribution >= 4 is 34.4 Å². The van der Waals surface area contributed by atoms with E-state index in [-0.39, 0.29) is 30.0 Å². The molecule has 4 aromatic rings. The van der Waals surface area contributed by atoms with E-state index in [0.717, 1.165) is 16.8 Å². The van der Waals surface area contributed by atoms with Crippen LogP contribution in [0, 0.1) is 5.82 Å². The van der Waals surface area contributed by atoms with E-state index in [2.05, 4.69) is 19.9 Å². The fourth-order valence-corrected chi connectivity index (χ4v) is 4.93. The molecule has 0 saturated carbocycles. The molecule has 10 heteroatoms. The third kappa shape index (κ3) is 4.53. The Hall–Kier alpha value is -3.66. The molecule has 2 aromatic carbocycles. The highest BCUT2D eigenvalue weighted by molar-refractivity contribution is 7.98. The number of carbonyl (C=O) groups is 1. The Kier molecular flexibility index (Phi) is 6.29. The Bertz CT molecular complexity index is 1430. The smallest absolute Gasteiger partial charge is 0.326 e. The molecule has 0 radical (unpaired) electrons. The molecule has 1 atom stereocenters. The van der Waals surface area contributed by atoms with Gasteiger partial charge < -0.3 is 14.8 Å². The molecule has 8 nitrogen and oxygen atoms in total. The van der Waals surface area contributed by atoms with E-state index in [4.69, 9.17) is 0 Å². The molecule has 1 fully saturated rings. The van der Waals surface area contributed by atoms with Gasteiger partial charge in [-0.3, -0.25) is 9.36 Å². The lowest BCUT2D eigenvalue weighted by molar-refractivity contribution is -0.134. The number of aromatic amines is 1. The summed E-state index contributed by atoms with van der Waals surface area (Å²) in [5.74, 6) is -0.437. The topological polar surface area (TPSA) is 87.1 Å². The van der Waals surface area contributed by atoms with Gasteiger partial charge in [-0.1, -0.05) is 23.9 Å². The molecule has 3 heterocycles. The standard InChI is InChI=1S/C25H25FN6O2S/c1-16-14-30(21-8-7-18(26)11-19(21)17-12-27-24(35-2)28-13-17)9-10-31(16)23(33)15-32-22-6-4-3-5-20(22)29-25(32)34/h3-8,11-13,16H,9-10,14-15H2,1-2H3,(H,29,34). The van der Waals surface area contributed by atoms with Crippen LogP contribution >= 0.6 is 11.8 Å². The fourth-order valence-electron chi connectivity index (χ4n) is 4.61. The maximum Gasteiger partial charge on any atom is 0.326 e. The van der Waals surface area contributed by atoms with Crippen LogP contribution in [0.4, 0.5) is 10.1 Å². The first-order chi connectivity index (χ1) is 16.9. The van der Waals surface area contributed by atoms with Gasteiger partial charge in [-0.25, -0.2) is 19.2 Å². The zero-order valence-corrected chi connectivity index (χ0v) is 20.3. The Labute approximate surface area is 205 Å². The second-order valence-corrected chi connectivity index (χ2v) is 9.31. The van der Waals surface area contributed by atoms with Crippen LogP contribution in [0.15, 0.2) is 64.8 Å². The van der Waals surface area contributed by atoms with E-state index < -0.39 is 0 Å². The first-order valence-electron chi connectivity index (χ1n) is 11.3. The number of H-pyrrole nitrogens is 1. The van der Waals surface area contributed by atoms with Crippen LogP contribution in [0.3, 0.4) is 0 Å². The lowest BCUT2D eigenvalue weighted by Gasteiger charge is -2.41. The lowest BCUT2D eigenvalue weighted by atomic mass is 10.0. The summed E-state index contributed by atoms with van der Waals surface area (Å²) in [6.07, 6.45) is 5.32. The van der Waals surface area contributed by atoms with Gasteiger partial charge in [-0.05, 0) is 43.5 Å². The number of imidazole rings is 1. The Morgan fingerprint density at radius 2 is 1.94 bits per heavy atom. The van der Waals surface area contributed by atoms with Crippen LogP contribution in [-0.2, 0) is 11.3 Å². The van der Waals surface area contributed by atoms with Crippen LogP contribution in [0.1, 0.15) is 6.92 Å². The van der Waals surface area contributed by atoms with Crippen molar-refractivity contribution in [2.24, 2.45) is 0 Å². The Morgan fingerprint density at radius 3 is 2.69 bits per heavy atom. The van der Waals surface area contributed by atoms with Crippen molar-refractivity contribution in [3.8, 4) is 11.1 Å². The quantitative estimate of drug-likeness (QED) is 0.340. The number of nitrogens with one attached hydrogen (secondary N) is 1. The number of carbonyl (C=O) groups excluding carboxylic acids is 1. The molecular formula is C25H25FN6O2S. The summed E-state index contributed by atoms with van der Waals surface area (Å²) in [4.78, 5) is 41.0. The molecule has 2 aromatic heterocycles. The monoisotopic (exact) mass is 492 g/mol. The van der Waals surface area contributed by atoms with Gasteiger partial charge in [0.15, 0.2) is 5.16 Å². The summed E-state index contributed by atoms with van der Waals surface area (Å²) < 4.78 is 15.6. The number of hydrogen-bond acceptors (Lipinski definition) is 6. The number of thioether (sulfide) groups is 1. The molecule has 5 rings (SSSR count). The predicted molar refractivity (Wildman–Crippen MR) is 135 cm³/mol. The number of nitrogens with zero attached hydrogens (tertiary/aromatic N) is 5. The van der Waals surface area contributed by atoms with E-state index >= 15 is 0 Å². The molecule has 1 saturated heterocycles. The van der Waals surface area contributed by atoms with Crippen molar-refractivity contribution < 1.29 is 9.18 Å². The largest absolute Gasteiger partial charge is 0.367 e. The molecule has 1 amide bonds. The molecule has 0 spiro atoms. The van der Waals surface area contributed by atoms with Crippen LogP contribution in [-0.4, -0.2) is 62.3 Å². The van der Waals surface area contributed by atoms with Gasteiger partial charge >= 0.3 is 5.69 Å². The fraction of sp³-hybridized carbons (Fsp3) is 0.280. The van der Waals surface area contributed by atoms with E-state index in [9.17, 15) is 14.0 Å². The van der Waals surface area contributed by atoms with Crippen molar-refractivity contribution in [2.75, 3.05) is 30.8 Å². The predicted octanol–water partition coefficient (Wildman–Crippen LogP) is 3.38. The average molecular weight is 493 g/mol. The molecule has 0 bridgehead atoms.